The lowest BCUT2D eigenvalue weighted by Gasteiger charge is -2.32. The normalized spacial score (nSPS) is 15.7. The van der Waals surface area contributed by atoms with E-state index in [0.717, 1.165) is 36.0 Å². The molecule has 0 spiro atoms. The van der Waals surface area contributed by atoms with Crippen molar-refractivity contribution in [2.45, 2.75) is 57.5 Å². The zero-order valence-corrected chi connectivity index (χ0v) is 34.1. The van der Waals surface area contributed by atoms with Crippen LogP contribution in [0, 0.1) is 17.2 Å². The minimum absolute atomic E-state index is 0.0187. The molecule has 10 nitrogen and oxygen atoms in total. The summed E-state index contributed by atoms with van der Waals surface area (Å²) in [5.74, 6) is -1.80. The second kappa shape index (κ2) is 21.8. The van der Waals surface area contributed by atoms with E-state index in [1.807, 2.05) is 78.9 Å². The monoisotopic (exact) mass is 815 g/mol. The molecule has 6 rings (SSSR count). The number of piperidine rings is 1. The van der Waals surface area contributed by atoms with Crippen LogP contribution in [0.5, 0.6) is 0 Å². The number of benzene rings is 4. The van der Waals surface area contributed by atoms with Crippen molar-refractivity contribution in [2.75, 3.05) is 39.5 Å². The Kier molecular flexibility index (Phi) is 15.7. The highest BCUT2D eigenvalue weighted by Crippen LogP contribution is 2.40. The van der Waals surface area contributed by atoms with Crippen LogP contribution in [0.2, 0.25) is 5.02 Å². The number of hydrogen-bond donors (Lipinski definition) is 1. The first-order valence-electron chi connectivity index (χ1n) is 20.1. The van der Waals surface area contributed by atoms with E-state index in [4.69, 9.17) is 35.8 Å². The van der Waals surface area contributed by atoms with Gasteiger partial charge in [-0.15, -0.1) is 0 Å². The number of halogens is 1. The first-order valence-corrected chi connectivity index (χ1v) is 20.5. The van der Waals surface area contributed by atoms with Crippen molar-refractivity contribution in [3.05, 3.63) is 165 Å². The van der Waals surface area contributed by atoms with E-state index >= 15 is 0 Å². The molecule has 306 valence electrons. The van der Waals surface area contributed by atoms with Crippen LogP contribution in [0.4, 0.5) is 4.79 Å². The van der Waals surface area contributed by atoms with Gasteiger partial charge in [0.2, 0.25) is 0 Å². The van der Waals surface area contributed by atoms with Crippen LogP contribution in [-0.4, -0.2) is 62.4 Å². The highest BCUT2D eigenvalue weighted by Gasteiger charge is 2.39. The van der Waals surface area contributed by atoms with Crippen LogP contribution in [0.1, 0.15) is 73.1 Å². The molecular formula is C48H50ClN3O7. The van der Waals surface area contributed by atoms with Gasteiger partial charge in [-0.25, -0.2) is 14.4 Å². The van der Waals surface area contributed by atoms with Crippen LogP contribution < -0.4 is 5.32 Å². The van der Waals surface area contributed by atoms with E-state index in [9.17, 15) is 14.4 Å². The van der Waals surface area contributed by atoms with Crippen LogP contribution >= 0.6 is 11.6 Å². The number of carbonyl (C=O) groups is 3. The third kappa shape index (κ3) is 11.8. The van der Waals surface area contributed by atoms with E-state index in [0.29, 0.717) is 54.0 Å². The summed E-state index contributed by atoms with van der Waals surface area (Å²) in [7, 11) is 0. The summed E-state index contributed by atoms with van der Waals surface area (Å²) in [6, 6.07) is 38.9. The smallest absolute Gasteiger partial charge is 0.410 e. The Balaban J connectivity index is 1.17. The molecule has 1 fully saturated rings. The number of amides is 1. The number of nitriles is 1. The van der Waals surface area contributed by atoms with E-state index < -0.39 is 17.9 Å². The van der Waals surface area contributed by atoms with Gasteiger partial charge in [-0.2, -0.15) is 5.26 Å². The molecule has 4 aromatic carbocycles. The Morgan fingerprint density at radius 1 is 0.780 bits per heavy atom. The lowest BCUT2D eigenvalue weighted by Crippen LogP contribution is -2.39. The third-order valence-electron chi connectivity index (χ3n) is 10.8. The highest BCUT2D eigenvalue weighted by atomic mass is 35.5. The molecule has 11 heteroatoms. The molecule has 2 aliphatic rings. The molecule has 1 amide bonds. The Hall–Kier alpha value is -5.89. The van der Waals surface area contributed by atoms with Gasteiger partial charge in [-0.1, -0.05) is 115 Å². The molecule has 1 unspecified atom stereocenters. The fraction of sp³-hybridized carbons (Fsp3) is 0.333. The predicted octanol–water partition coefficient (Wildman–Crippen LogP) is 9.23. The van der Waals surface area contributed by atoms with Crippen molar-refractivity contribution in [3.63, 3.8) is 0 Å². The lowest BCUT2D eigenvalue weighted by molar-refractivity contribution is -0.140. The van der Waals surface area contributed by atoms with E-state index in [2.05, 4.69) is 29.6 Å². The number of carbonyl (C=O) groups excluding carboxylic acids is 3. The zero-order chi connectivity index (χ0) is 41.4. The van der Waals surface area contributed by atoms with Gasteiger partial charge in [0.25, 0.3) is 0 Å². The number of dihydropyridines is 1. The second-order valence-electron chi connectivity index (χ2n) is 14.7. The largest absolute Gasteiger partial charge is 0.462 e. The van der Waals surface area contributed by atoms with Gasteiger partial charge in [0, 0.05) is 36.3 Å². The number of allylic oxidation sites excluding steroid dienone is 1. The maximum absolute atomic E-state index is 14.5. The molecule has 0 aromatic heterocycles. The second-order valence-corrected chi connectivity index (χ2v) is 15.1. The van der Waals surface area contributed by atoms with Crippen molar-refractivity contribution in [2.24, 2.45) is 5.92 Å². The quantitative estimate of drug-likeness (QED) is 0.0631. The Labute approximate surface area is 351 Å². The number of hydrogen-bond acceptors (Lipinski definition) is 9. The Morgan fingerprint density at radius 2 is 1.41 bits per heavy atom. The summed E-state index contributed by atoms with van der Waals surface area (Å²) in [6.45, 7) is 3.69. The summed E-state index contributed by atoms with van der Waals surface area (Å²) in [6.07, 6.45) is 2.66. The van der Waals surface area contributed by atoms with E-state index in [1.165, 1.54) is 0 Å². The first kappa shape index (κ1) is 42.7. The van der Waals surface area contributed by atoms with Gasteiger partial charge in [0.15, 0.2) is 0 Å². The summed E-state index contributed by atoms with van der Waals surface area (Å²) < 4.78 is 23.5. The van der Waals surface area contributed by atoms with Crippen LogP contribution in [0.25, 0.3) is 0 Å². The van der Waals surface area contributed by atoms with Gasteiger partial charge < -0.3 is 29.2 Å². The third-order valence-corrected chi connectivity index (χ3v) is 11.0. The average Bonchev–Trinajstić information content (AvgIpc) is 3.26. The summed E-state index contributed by atoms with van der Waals surface area (Å²) in [5.41, 5.74) is 5.18. The number of likely N-dealkylation sites (tertiary alicyclic amines) is 1. The van der Waals surface area contributed by atoms with Crippen LogP contribution in [0.3, 0.4) is 0 Å². The van der Waals surface area contributed by atoms with Gasteiger partial charge in [-0.05, 0) is 72.9 Å². The molecule has 0 saturated carbocycles. The van der Waals surface area contributed by atoms with Crippen LogP contribution in [-0.2, 0) is 35.1 Å². The molecule has 2 aliphatic heterocycles. The van der Waals surface area contributed by atoms with Crippen molar-refractivity contribution in [1.29, 1.82) is 5.26 Å². The van der Waals surface area contributed by atoms with Gasteiger partial charge in [0.05, 0.1) is 48.5 Å². The number of nitrogens with one attached hydrogen (secondary N) is 1. The Morgan fingerprint density at radius 3 is 2.05 bits per heavy atom. The molecule has 1 atom stereocenters. The summed E-state index contributed by atoms with van der Waals surface area (Å²) in [4.78, 5) is 42.7. The molecule has 0 bridgehead atoms. The minimum Gasteiger partial charge on any atom is -0.462 e. The topological polar surface area (TPSA) is 127 Å². The number of rotatable bonds is 17. The lowest BCUT2D eigenvalue weighted by atomic mass is 9.80. The van der Waals surface area contributed by atoms with Crippen molar-refractivity contribution in [3.8, 4) is 6.07 Å². The van der Waals surface area contributed by atoms with Gasteiger partial charge in [-0.3, -0.25) is 0 Å². The first-order chi connectivity index (χ1) is 28.8. The van der Waals surface area contributed by atoms with Crippen molar-refractivity contribution < 1.29 is 33.3 Å². The average molecular weight is 816 g/mol. The molecule has 4 aromatic rings. The molecule has 59 heavy (non-hydrogen) atoms. The summed E-state index contributed by atoms with van der Waals surface area (Å²) in [5, 5.41) is 12.8. The number of ether oxygens (including phenoxy) is 4. The van der Waals surface area contributed by atoms with E-state index in [-0.39, 0.29) is 56.0 Å². The highest BCUT2D eigenvalue weighted by molar-refractivity contribution is 6.30. The number of esters is 2. The maximum Gasteiger partial charge on any atom is 0.410 e. The molecule has 0 aliphatic carbocycles. The molecule has 2 heterocycles. The fourth-order valence-electron chi connectivity index (χ4n) is 7.69. The maximum atomic E-state index is 14.5. The Bertz CT molecular complexity index is 2090. The summed E-state index contributed by atoms with van der Waals surface area (Å²) >= 11 is 6.50. The molecule has 0 radical (unpaired) electrons. The molecule has 1 N–H and O–H groups in total. The van der Waals surface area contributed by atoms with Crippen molar-refractivity contribution >= 4 is 29.6 Å². The van der Waals surface area contributed by atoms with Gasteiger partial charge in [0.1, 0.15) is 13.2 Å². The predicted molar refractivity (Wildman–Crippen MR) is 225 cm³/mol. The van der Waals surface area contributed by atoms with Crippen molar-refractivity contribution in [1.82, 2.24) is 10.2 Å². The minimum atomic E-state index is -0.888. The van der Waals surface area contributed by atoms with Gasteiger partial charge >= 0.3 is 18.0 Å². The SMILES string of the molecule is CC1=C(C(=O)OCCC#N)C(c2cccc(Cl)c2)C(C(=O)OCCC(c2ccccc2)c2ccccc2)=C(COCCC2CCN(C(=O)OCc3ccccc3)CC2)N1. The number of nitrogens with zero attached hydrogens (tertiary/aromatic N) is 2. The molecular weight excluding hydrogens is 766 g/mol. The standard InChI is InChI=1S/C48H50ClN3O7/c1-34-43(46(53)57-28-12-25-50)44(39-19-11-20-40(49)31-39)45(47(54)58-30-24-41(37-15-7-3-8-16-37)38-17-9-4-10-18-38)42(51-34)33-56-29-23-35-21-26-52(27-22-35)48(55)59-32-36-13-5-2-6-14-36/h2-11,13-20,31,35,41,44,51H,12,21-24,26-30,32-33H2,1H3. The zero-order valence-electron chi connectivity index (χ0n) is 33.3. The molecule has 1 saturated heterocycles. The van der Waals surface area contributed by atoms with Crippen LogP contribution in [0.15, 0.2) is 138 Å². The fourth-order valence-corrected chi connectivity index (χ4v) is 7.89. The van der Waals surface area contributed by atoms with E-state index in [1.54, 1.807) is 30.0 Å².